The number of hydrogen-bond acceptors (Lipinski definition) is 23. The molecule has 0 spiro atoms. The highest BCUT2D eigenvalue weighted by molar-refractivity contribution is 5.75. The highest BCUT2D eigenvalue weighted by atomic mass is 16.4. The number of aliphatic hydroxyl groups is 1. The monoisotopic (exact) mass is 1380 g/mol. The molecule has 0 aliphatic carbocycles. The van der Waals surface area contributed by atoms with E-state index in [2.05, 4.69) is 127 Å². The van der Waals surface area contributed by atoms with Gasteiger partial charge in [0.2, 0.25) is 11.8 Å². The molecular weight excluding hydrogens is 1240 g/mol. The number of carboxylic acids is 2. The Morgan fingerprint density at radius 3 is 1.62 bits per heavy atom. The van der Waals surface area contributed by atoms with Gasteiger partial charge in [0, 0.05) is 210 Å². The summed E-state index contributed by atoms with van der Waals surface area (Å²) in [5.74, 6) is -1.04. The predicted molar refractivity (Wildman–Crippen MR) is 399 cm³/mol. The van der Waals surface area contributed by atoms with E-state index in [1.807, 2.05) is 12.4 Å². The minimum absolute atomic E-state index is 0.0210. The van der Waals surface area contributed by atoms with Crippen LogP contribution in [0.15, 0.2) is 15.0 Å². The molecule has 0 aromatic carbocycles. The quantitative estimate of drug-likeness (QED) is 0.0195. The number of rotatable bonds is 68. The number of nitrogens with zero attached hydrogens (tertiary/aromatic N) is 4. The van der Waals surface area contributed by atoms with Crippen molar-refractivity contribution in [2.75, 3.05) is 137 Å². The second-order valence-electron chi connectivity index (χ2n) is 27.8. The largest absolute Gasteiger partial charge is 0.481 e. The molecular formula is C68H144N22O7. The molecule has 0 radical (unpaired) electrons. The lowest BCUT2D eigenvalue weighted by atomic mass is 9.98. The van der Waals surface area contributed by atoms with Gasteiger partial charge in [-0.3, -0.25) is 39.1 Å². The zero-order valence-electron chi connectivity index (χ0n) is 61.4. The van der Waals surface area contributed by atoms with Crippen LogP contribution in [0.2, 0.25) is 0 Å². The third kappa shape index (κ3) is 50.8. The lowest BCUT2D eigenvalue weighted by Crippen LogP contribution is -2.52. The molecule has 2 amide bonds. The number of amides is 2. The average Bonchev–Trinajstić information content (AvgIpc) is 1.86. The molecule has 1 aliphatic heterocycles. The van der Waals surface area contributed by atoms with E-state index < -0.39 is 18.0 Å². The van der Waals surface area contributed by atoms with Gasteiger partial charge >= 0.3 is 11.9 Å². The van der Waals surface area contributed by atoms with Crippen molar-refractivity contribution >= 4 is 42.1 Å². The standard InChI is InChI=1S/C68H144N22O7/c1-9-51(6)61(89-45-60-16-13-37-90(60)48-63(50(4)5)81-28-26-70)46-78-33-36-82-62(53(8)91)47-77-30-29-75-31-34-79-56(19-23-66(94)95)42-88-59(38-49(2)3)44-87-57(18-22-65(72)93)43-85-54(15-12-27-83-68(73)74)39-76-32-35-80-55(17-21-64(71)92)41-86-58(20-24-67(96)97)40-84-52(7)14-10-11-25-69/h30,33,49-63,75-76,79-82,84-89,91H,9-29,31-32,34-48,69-70H2,1-8H3,(H2,71,92)(H2,72,93)(H,94,95)(H,96,97)(H4,73,74,83)/t51-,52+,53+,54-,55-,56-,57-,58-,59-,60-,61+,62+,63+/m0/s1. The molecule has 0 saturated carbocycles. The minimum Gasteiger partial charge on any atom is -0.481 e. The molecule has 1 saturated heterocycles. The van der Waals surface area contributed by atoms with E-state index in [1.165, 1.54) is 12.8 Å². The number of primary amides is 2. The summed E-state index contributed by atoms with van der Waals surface area (Å²) in [5.41, 5.74) is 34.1. The maximum Gasteiger partial charge on any atom is 0.303 e. The van der Waals surface area contributed by atoms with Gasteiger partial charge in [-0.2, -0.15) is 0 Å². The summed E-state index contributed by atoms with van der Waals surface area (Å²) in [7, 11) is 0. The average molecular weight is 1380 g/mol. The summed E-state index contributed by atoms with van der Waals surface area (Å²) in [4.78, 5) is 63.6. The van der Waals surface area contributed by atoms with Crippen LogP contribution in [-0.4, -0.2) is 272 Å². The first-order chi connectivity index (χ1) is 46.5. The van der Waals surface area contributed by atoms with Crippen molar-refractivity contribution in [3.8, 4) is 0 Å². The Kier molecular flexibility index (Phi) is 54.8. The maximum atomic E-state index is 12.2. The van der Waals surface area contributed by atoms with Crippen LogP contribution in [-0.2, 0) is 19.2 Å². The van der Waals surface area contributed by atoms with Crippen LogP contribution in [0.4, 0.5) is 0 Å². The molecule has 97 heavy (non-hydrogen) atoms. The SMILES string of the molecule is CC[C@H](C)[C@@H](CN=CCN[C@H](CN=CCNCCN[C@@H](CCC(=O)O)CN[C@H](CN[C@@H](CCC(N)=O)CN[C@@H](CCCN=C(N)N)CNCCN[C@@H](CCC(N)=O)CN[C@@H](CCC(=O)O)CN[C@H](C)CCCCN)CC(C)C)[C@@H](C)O)NC[C@@H]1CCCN1C[C@@H](NCCN)C(C)C. The first-order valence-electron chi connectivity index (χ1n) is 37.1. The van der Waals surface area contributed by atoms with Crippen LogP contribution in [0.1, 0.15) is 165 Å². The molecule has 0 aromatic heterocycles. The van der Waals surface area contributed by atoms with E-state index in [0.717, 1.165) is 71.1 Å². The number of aliphatic imine (C=N–C) groups is 3. The number of guanidine groups is 1. The van der Waals surface area contributed by atoms with Crippen LogP contribution in [0, 0.1) is 17.8 Å². The van der Waals surface area contributed by atoms with Crippen LogP contribution in [0.25, 0.3) is 0 Å². The lowest BCUT2D eigenvalue weighted by Gasteiger charge is -2.33. The molecule has 0 bridgehead atoms. The van der Waals surface area contributed by atoms with Crippen molar-refractivity contribution in [2.45, 2.75) is 237 Å². The second-order valence-corrected chi connectivity index (χ2v) is 27.8. The molecule has 27 N–H and O–H groups in total. The fraction of sp³-hybridized carbons (Fsp3) is 0.897. The summed E-state index contributed by atoms with van der Waals surface area (Å²) in [6.07, 6.45) is 14.4. The Morgan fingerprint density at radius 1 is 0.546 bits per heavy atom. The second kappa shape index (κ2) is 58.5. The first kappa shape index (κ1) is 90.9. The van der Waals surface area contributed by atoms with Crippen molar-refractivity contribution in [1.29, 1.82) is 0 Å². The van der Waals surface area contributed by atoms with Gasteiger partial charge in [0.25, 0.3) is 0 Å². The van der Waals surface area contributed by atoms with E-state index in [-0.39, 0.29) is 97.8 Å². The number of aliphatic hydroxyl groups excluding tert-OH is 1. The molecule has 568 valence electrons. The highest BCUT2D eigenvalue weighted by Gasteiger charge is 2.29. The molecule has 1 aliphatic rings. The Bertz CT molecular complexity index is 2060. The Hall–Kier alpha value is -4.15. The zero-order chi connectivity index (χ0) is 72.0. The molecule has 29 nitrogen and oxygen atoms in total. The number of nitrogens with two attached hydrogens (primary N) is 6. The van der Waals surface area contributed by atoms with Crippen LogP contribution in [0.5, 0.6) is 0 Å². The molecule has 0 unspecified atom stereocenters. The Labute approximate surface area is 584 Å². The fourth-order valence-electron chi connectivity index (χ4n) is 11.9. The smallest absolute Gasteiger partial charge is 0.303 e. The molecule has 0 aromatic rings. The zero-order valence-corrected chi connectivity index (χ0v) is 61.4. The number of carbonyl (C=O) groups excluding carboxylic acids is 2. The van der Waals surface area contributed by atoms with Gasteiger partial charge in [0.05, 0.1) is 25.2 Å². The number of likely N-dealkylation sites (tertiary alicyclic amines) is 1. The third-order valence-corrected chi connectivity index (χ3v) is 18.3. The summed E-state index contributed by atoms with van der Waals surface area (Å²) in [6, 6.07) is 0.944. The Balaban J connectivity index is 2.86. The topological polar surface area (TPSA) is 470 Å². The first-order valence-corrected chi connectivity index (χ1v) is 37.1. The minimum atomic E-state index is -0.850. The maximum absolute atomic E-state index is 12.2. The van der Waals surface area contributed by atoms with Crippen molar-refractivity contribution < 1.29 is 34.5 Å². The van der Waals surface area contributed by atoms with Gasteiger partial charge in [-0.15, -0.1) is 0 Å². The van der Waals surface area contributed by atoms with Gasteiger partial charge in [-0.1, -0.05) is 54.4 Å². The van der Waals surface area contributed by atoms with E-state index in [9.17, 15) is 34.5 Å². The molecule has 13 atom stereocenters. The van der Waals surface area contributed by atoms with E-state index in [1.54, 1.807) is 6.92 Å². The van der Waals surface area contributed by atoms with Crippen LogP contribution >= 0.6 is 0 Å². The fourth-order valence-corrected chi connectivity index (χ4v) is 11.9. The lowest BCUT2D eigenvalue weighted by molar-refractivity contribution is -0.138. The van der Waals surface area contributed by atoms with Gasteiger partial charge in [0.1, 0.15) is 0 Å². The van der Waals surface area contributed by atoms with Gasteiger partial charge < -0.3 is 114 Å². The van der Waals surface area contributed by atoms with Gasteiger partial charge in [-0.25, -0.2) is 0 Å². The van der Waals surface area contributed by atoms with Crippen LogP contribution < -0.4 is 98.2 Å². The van der Waals surface area contributed by atoms with Crippen molar-refractivity contribution in [2.24, 2.45) is 67.1 Å². The number of hydrogen-bond donors (Lipinski definition) is 21. The summed E-state index contributed by atoms with van der Waals surface area (Å²) in [5, 5.41) is 73.1. The number of carbonyl (C=O) groups is 4. The molecule has 29 heteroatoms. The number of nitrogens with one attached hydrogen (secondary N) is 12. The molecule has 1 fully saturated rings. The van der Waals surface area contributed by atoms with Gasteiger partial charge in [0.15, 0.2) is 5.96 Å². The normalized spacial score (nSPS) is 17.7. The molecule has 1 rings (SSSR count). The molecule has 1 heterocycles. The van der Waals surface area contributed by atoms with E-state index in [0.29, 0.717) is 167 Å². The number of aliphatic carboxylic acids is 2. The number of unbranched alkanes of at least 4 members (excludes halogenated alkanes) is 1. The van der Waals surface area contributed by atoms with Crippen LogP contribution in [0.3, 0.4) is 0 Å². The van der Waals surface area contributed by atoms with E-state index in [4.69, 9.17) is 39.4 Å². The summed E-state index contributed by atoms with van der Waals surface area (Å²) >= 11 is 0. The van der Waals surface area contributed by atoms with Gasteiger partial charge in [-0.05, 0) is 115 Å². The third-order valence-electron chi connectivity index (χ3n) is 18.3. The van der Waals surface area contributed by atoms with Crippen molar-refractivity contribution in [1.82, 2.24) is 68.7 Å². The Morgan fingerprint density at radius 2 is 1.08 bits per heavy atom. The van der Waals surface area contributed by atoms with Crippen molar-refractivity contribution in [3.05, 3.63) is 0 Å². The summed E-state index contributed by atoms with van der Waals surface area (Å²) < 4.78 is 0. The highest BCUT2D eigenvalue weighted by Crippen LogP contribution is 2.20. The van der Waals surface area contributed by atoms with E-state index >= 15 is 0 Å². The summed E-state index contributed by atoms with van der Waals surface area (Å²) in [6.45, 7) is 31.2. The predicted octanol–water partition coefficient (Wildman–Crippen LogP) is -1.10. The van der Waals surface area contributed by atoms with Crippen molar-refractivity contribution in [3.63, 3.8) is 0 Å². The number of carboxylic acid groups (broad SMARTS) is 2.